The molecule has 86 heavy (non-hydrogen) atoms. The molecule has 442 valence electrons. The number of hydrogen-bond donors (Lipinski definition) is 4. The molecule has 4 heterocycles. The van der Waals surface area contributed by atoms with Crippen LogP contribution in [-0.2, 0) is 77.6 Å². The van der Waals surface area contributed by atoms with E-state index in [0.29, 0.717) is 60.1 Å². The number of aromatic nitrogens is 2. The summed E-state index contributed by atoms with van der Waals surface area (Å²) in [6, 6.07) is 8.66. The first-order valence-electron chi connectivity index (χ1n) is 24.1. The molecule has 3 aromatic carbocycles. The minimum atomic E-state index is -6.22. The predicted molar refractivity (Wildman–Crippen MR) is 275 cm³/mol. The van der Waals surface area contributed by atoms with Crippen molar-refractivity contribution in [3.8, 4) is 0 Å². The number of H-pyrrole nitrogens is 1. The molecule has 40 heteroatoms. The SMILES string of the molecule is CCN1/C(=C/C=C/C2=[N+](CCCCCC(=O)N/C=C/c3cn([C@H]4C[C@H](O)[C@@H](COP(=O)([O-])OP(=O)([O-])OP(=O)([O-])O)O4)c(=O)[nH]c3=O)c3ccc4c(S(=O)(=O)[O-])cc(S(=O)(=O)[O-])cc4c3C2(C)C)C(C)(C)c2cc(S(=O)(=O)[O-])ccc21.[Na+].[Na+].[Na+].[Na+].[Na+]. The number of hydrogen-bond acceptors (Lipinski definition) is 24. The summed E-state index contributed by atoms with van der Waals surface area (Å²) in [5.41, 5.74) is -0.516. The molecular formula is C46H51N5Na5O24P3S3. The van der Waals surface area contributed by atoms with Crippen LogP contribution in [-0.4, -0.2) is 107 Å². The third-order valence-corrected chi connectivity index (χ3v) is 19.7. The van der Waals surface area contributed by atoms with E-state index < -0.39 is 123 Å². The van der Waals surface area contributed by atoms with Crippen molar-refractivity contribution in [3.63, 3.8) is 0 Å². The fourth-order valence-electron chi connectivity index (χ4n) is 9.96. The standard InChI is InChI=1S/C46H56N5O24P3S3.5Na/c1-6-49-33-16-14-28(79(63,64)65)22-32(33)45(2,3)38(49)11-10-12-39-46(4,5)42-31-21-29(80(66,67)68)23-37(81(69,70)71)30(31)15-17-34(42)50(39)20-9-7-8-13-40(53)47-19-18-27-25-51(44(55)48-43(27)54)41-24-35(52)36(73-41)26-72-77(59,60)75-78(61,62)74-76(56,57)58;;;;;/h10-12,14-19,21-23,25,35-36,41,52H,6-9,13,20,24,26H2,1-5H3,(H8-,47,48,53,54,55,56,57,58,59,60,61,62,63,64,65,66,67,68,69,70,71);;;;;/q;5*+1/p-5/b19-18+;;;;;/t35-,36+,41+;;;;;/m0...../s1. The number of ether oxygens (including phenoxy) is 1. The normalized spacial score (nSPS) is 20.6. The number of nitrogens with one attached hydrogen (secondary N) is 2. The van der Waals surface area contributed by atoms with Crippen molar-refractivity contribution in [1.82, 2.24) is 14.9 Å². The number of unbranched alkanes of at least 4 members (excludes halogenated alkanes) is 2. The molecular weight excluding hydrogens is 1310 g/mol. The van der Waals surface area contributed by atoms with E-state index >= 15 is 0 Å². The van der Waals surface area contributed by atoms with Gasteiger partial charge in [0.1, 0.15) is 49.2 Å². The van der Waals surface area contributed by atoms with Crippen LogP contribution in [0.4, 0.5) is 11.4 Å². The molecule has 1 amide bonds. The Morgan fingerprint density at radius 2 is 1.48 bits per heavy atom. The first-order valence-corrected chi connectivity index (χ1v) is 32.7. The van der Waals surface area contributed by atoms with E-state index in [-0.39, 0.29) is 182 Å². The fraction of sp³-hybridized carbons (Fsp3) is 0.391. The zero-order valence-corrected chi connectivity index (χ0v) is 63.3. The maximum absolute atomic E-state index is 13.0. The number of anilines is 1. The number of carbonyl (C=O) groups excluding carboxylic acids is 1. The van der Waals surface area contributed by atoms with Gasteiger partial charge >= 0.3 is 153 Å². The van der Waals surface area contributed by atoms with Crippen LogP contribution in [0.1, 0.15) is 89.6 Å². The van der Waals surface area contributed by atoms with Crippen molar-refractivity contribution < 1.29 is 252 Å². The Kier molecular flexibility index (Phi) is 29.9. The van der Waals surface area contributed by atoms with E-state index in [4.69, 9.17) is 9.63 Å². The molecule has 0 spiro atoms. The number of phosphoric ester groups is 1. The first-order chi connectivity index (χ1) is 37.3. The summed E-state index contributed by atoms with van der Waals surface area (Å²) in [7, 11) is -33.5. The minimum Gasteiger partial charge on any atom is -0.756 e. The number of rotatable bonds is 22. The van der Waals surface area contributed by atoms with Gasteiger partial charge in [0.05, 0.1) is 38.4 Å². The molecule has 0 saturated carbocycles. The topological polar surface area (TPSA) is 460 Å². The predicted octanol–water partition coefficient (Wildman–Crippen LogP) is -13.5. The van der Waals surface area contributed by atoms with Gasteiger partial charge in [-0.3, -0.25) is 32.8 Å². The van der Waals surface area contributed by atoms with Gasteiger partial charge in [-0.2, -0.15) is 4.58 Å². The summed E-state index contributed by atoms with van der Waals surface area (Å²) in [5, 5.41) is 12.9. The Bertz CT molecular complexity index is 4010. The summed E-state index contributed by atoms with van der Waals surface area (Å²) in [6.45, 7) is 8.79. The minimum absolute atomic E-state index is 0. The third kappa shape index (κ3) is 19.5. The molecule has 0 aliphatic carbocycles. The summed E-state index contributed by atoms with van der Waals surface area (Å²) < 4.78 is 164. The Morgan fingerprint density at radius 1 is 0.837 bits per heavy atom. The van der Waals surface area contributed by atoms with Crippen LogP contribution in [0.3, 0.4) is 0 Å². The molecule has 3 aliphatic rings. The maximum atomic E-state index is 13.0. The molecule has 1 aromatic heterocycles. The molecule has 4 aromatic rings. The maximum Gasteiger partial charge on any atom is 1.00 e. The quantitative estimate of drug-likeness (QED) is 0.0187. The van der Waals surface area contributed by atoms with Crippen LogP contribution in [0.25, 0.3) is 16.8 Å². The Labute approximate surface area is 604 Å². The van der Waals surface area contributed by atoms with Gasteiger partial charge in [0, 0.05) is 78.1 Å². The van der Waals surface area contributed by atoms with Gasteiger partial charge in [-0.1, -0.05) is 19.9 Å². The molecule has 3 aliphatic heterocycles. The molecule has 1 fully saturated rings. The summed E-state index contributed by atoms with van der Waals surface area (Å²) >= 11 is 0. The molecule has 4 N–H and O–H groups in total. The smallest absolute Gasteiger partial charge is 0.756 e. The van der Waals surface area contributed by atoms with Gasteiger partial charge in [-0.15, -0.1) is 0 Å². The molecule has 1 saturated heterocycles. The number of aromatic amines is 1. The molecule has 0 radical (unpaired) electrons. The fourth-order valence-corrected chi connectivity index (χ4v) is 14.7. The van der Waals surface area contributed by atoms with Crippen molar-refractivity contribution in [2.24, 2.45) is 0 Å². The van der Waals surface area contributed by atoms with E-state index in [1.165, 1.54) is 18.2 Å². The molecule has 3 unspecified atom stereocenters. The van der Waals surface area contributed by atoms with Gasteiger partial charge in [0.2, 0.25) is 11.6 Å². The molecule has 6 atom stereocenters. The van der Waals surface area contributed by atoms with Crippen LogP contribution in [0.2, 0.25) is 0 Å². The van der Waals surface area contributed by atoms with Gasteiger partial charge in [0.15, 0.2) is 5.71 Å². The number of aliphatic hydroxyl groups excluding tert-OH is 1. The van der Waals surface area contributed by atoms with Gasteiger partial charge in [-0.25, -0.2) is 38.7 Å². The summed E-state index contributed by atoms with van der Waals surface area (Å²) in [5.74, 6) is -0.501. The van der Waals surface area contributed by atoms with Crippen LogP contribution >= 0.6 is 23.5 Å². The van der Waals surface area contributed by atoms with Gasteiger partial charge in [-0.05, 0) is 93.1 Å². The van der Waals surface area contributed by atoms with Gasteiger partial charge in [0.25, 0.3) is 29.0 Å². The number of aliphatic hydroxyl groups is 1. The Morgan fingerprint density at radius 3 is 2.07 bits per heavy atom. The van der Waals surface area contributed by atoms with E-state index in [0.717, 1.165) is 34.8 Å². The van der Waals surface area contributed by atoms with Crippen molar-refractivity contribution in [3.05, 3.63) is 116 Å². The monoisotopic (exact) mass is 1360 g/mol. The van der Waals surface area contributed by atoms with Crippen molar-refractivity contribution >= 4 is 93.7 Å². The molecule has 29 nitrogen and oxygen atoms in total. The Balaban J connectivity index is 0.00000505. The second kappa shape index (κ2) is 31.4. The van der Waals surface area contributed by atoms with Crippen LogP contribution in [0, 0.1) is 0 Å². The van der Waals surface area contributed by atoms with Crippen LogP contribution in [0.5, 0.6) is 0 Å². The van der Waals surface area contributed by atoms with Crippen LogP contribution < -0.4 is 184 Å². The van der Waals surface area contributed by atoms with E-state index in [1.54, 1.807) is 38.1 Å². The number of benzene rings is 3. The zero-order chi connectivity index (χ0) is 60.2. The number of fused-ring (bicyclic) bond motifs is 4. The number of amides is 1. The number of allylic oxidation sites excluding steroid dienone is 4. The number of carbonyl (C=O) groups is 1. The van der Waals surface area contributed by atoms with Crippen LogP contribution in [0.15, 0.2) is 103 Å². The van der Waals surface area contributed by atoms with Crippen molar-refractivity contribution in [2.45, 2.75) is 111 Å². The Hall–Kier alpha value is -0.180. The first kappa shape index (κ1) is 81.9. The zero-order valence-electron chi connectivity index (χ0n) is 48.2. The number of nitrogens with zero attached hydrogens (tertiary/aromatic N) is 3. The number of likely N-dealkylation sites (N-methyl/N-ethyl adjacent to an activating group) is 1. The summed E-state index contributed by atoms with van der Waals surface area (Å²) in [6.07, 6.45) is 4.79. The van der Waals surface area contributed by atoms with Crippen molar-refractivity contribution in [1.29, 1.82) is 0 Å². The average Bonchev–Trinajstić information content (AvgIpc) is 1.56. The molecule has 7 rings (SSSR count). The second-order valence-corrected chi connectivity index (χ2v) is 28.1. The largest absolute Gasteiger partial charge is 1.00 e. The van der Waals surface area contributed by atoms with E-state index in [1.807, 2.05) is 41.3 Å². The molecule has 0 bridgehead atoms. The average molecular weight is 1360 g/mol. The van der Waals surface area contributed by atoms with Crippen molar-refractivity contribution in [2.75, 3.05) is 24.6 Å². The summed E-state index contributed by atoms with van der Waals surface area (Å²) in [4.78, 5) is 82.9. The van der Waals surface area contributed by atoms with E-state index in [9.17, 15) is 86.8 Å². The number of phosphoric acid groups is 3. The third-order valence-electron chi connectivity index (χ3n) is 13.5. The van der Waals surface area contributed by atoms with E-state index in [2.05, 4.69) is 18.5 Å². The second-order valence-electron chi connectivity index (χ2n) is 19.7. The van der Waals surface area contributed by atoms with Gasteiger partial charge < -0.3 is 57.8 Å².